The fourth-order valence-corrected chi connectivity index (χ4v) is 3.23. The zero-order valence-corrected chi connectivity index (χ0v) is 14.9. The molecule has 8 heteroatoms. The number of carbonyl (C=O) groups is 1. The van der Waals surface area contributed by atoms with Crippen LogP contribution in [-0.2, 0) is 16.2 Å². The Morgan fingerprint density at radius 2 is 2.16 bits per heavy atom. The fraction of sp³-hybridized carbons (Fsp3) is 0.471. The van der Waals surface area contributed by atoms with E-state index in [0.717, 1.165) is 25.9 Å². The van der Waals surface area contributed by atoms with E-state index >= 15 is 0 Å². The number of carbonyl (C=O) groups excluding carboxylic acids is 1. The van der Waals surface area contributed by atoms with Crippen molar-refractivity contribution >= 4 is 18.2 Å². The smallest absolute Gasteiger partial charge is 0.309 e. The second-order valence-electron chi connectivity index (χ2n) is 6.09. The van der Waals surface area contributed by atoms with Gasteiger partial charge in [0.15, 0.2) is 6.67 Å². The maximum absolute atomic E-state index is 13.9. The van der Waals surface area contributed by atoms with Gasteiger partial charge in [0.25, 0.3) is 4.84 Å². The van der Waals surface area contributed by atoms with Crippen molar-refractivity contribution in [1.82, 2.24) is 9.78 Å². The van der Waals surface area contributed by atoms with Crippen molar-refractivity contribution in [2.24, 2.45) is 5.92 Å². The zero-order chi connectivity index (χ0) is 17.8. The van der Waals surface area contributed by atoms with Crippen molar-refractivity contribution in [2.45, 2.75) is 26.4 Å². The zero-order valence-electron chi connectivity index (χ0n) is 14.0. The molecule has 1 aliphatic heterocycles. The summed E-state index contributed by atoms with van der Waals surface area (Å²) in [5, 5.41) is 4.31. The number of hydrogen-bond donors (Lipinski definition) is 1. The Hall–Kier alpha value is -2.06. The lowest BCUT2D eigenvalue weighted by molar-refractivity contribution is -0.929. The van der Waals surface area contributed by atoms with E-state index in [1.807, 2.05) is 6.92 Å². The van der Waals surface area contributed by atoms with Crippen LogP contribution in [0.2, 0.25) is 0 Å². The van der Waals surface area contributed by atoms with Crippen molar-refractivity contribution in [2.75, 3.05) is 19.7 Å². The van der Waals surface area contributed by atoms with E-state index in [0.29, 0.717) is 18.8 Å². The summed E-state index contributed by atoms with van der Waals surface area (Å²) in [6.07, 6.45) is 1.55. The highest BCUT2D eigenvalue weighted by Gasteiger charge is 2.29. The molecule has 0 aliphatic carbocycles. The molecule has 1 fully saturated rings. The van der Waals surface area contributed by atoms with Gasteiger partial charge < -0.3 is 14.1 Å². The summed E-state index contributed by atoms with van der Waals surface area (Å²) in [4.78, 5) is 13.3. The molecule has 6 nitrogen and oxygen atoms in total. The summed E-state index contributed by atoms with van der Waals surface area (Å²) in [6.45, 7) is 4.42. The molecule has 3 rings (SSSR count). The van der Waals surface area contributed by atoms with Gasteiger partial charge in [-0.1, -0.05) is 12.1 Å². The summed E-state index contributed by atoms with van der Waals surface area (Å²) in [6, 6.07) is 6.31. The van der Waals surface area contributed by atoms with Gasteiger partial charge >= 0.3 is 5.97 Å². The Kier molecular flexibility index (Phi) is 5.60. The molecule has 0 radical (unpaired) electrons. The molecule has 1 N–H and O–H groups in total. The van der Waals surface area contributed by atoms with E-state index in [1.54, 1.807) is 22.9 Å². The maximum atomic E-state index is 13.9. The summed E-state index contributed by atoms with van der Waals surface area (Å²) in [5.74, 6) is -0.346. The quantitative estimate of drug-likeness (QED) is 0.646. The SMILES string of the molecule is CCOC(=O)C1CC[NH+](Cn2nc(-c3ccccc3F)oc2=S)CC1. The third-order valence-electron chi connectivity index (χ3n) is 4.40. The normalized spacial score (nSPS) is 20.4. The molecular weight excluding hydrogens is 345 g/mol. The highest BCUT2D eigenvalue weighted by atomic mass is 32.1. The number of quaternary nitrogens is 1. The Morgan fingerprint density at radius 1 is 1.44 bits per heavy atom. The molecule has 1 aromatic heterocycles. The van der Waals surface area contributed by atoms with Crippen LogP contribution in [0.25, 0.3) is 11.5 Å². The molecule has 0 spiro atoms. The van der Waals surface area contributed by atoms with Crippen molar-refractivity contribution in [3.05, 3.63) is 34.9 Å². The van der Waals surface area contributed by atoms with Gasteiger partial charge in [-0.05, 0) is 31.3 Å². The number of nitrogens with zero attached hydrogens (tertiary/aromatic N) is 2. The standard InChI is InChI=1S/C17H20FN3O3S/c1-2-23-16(22)12-7-9-20(10-8-12)11-21-17(25)24-15(19-21)13-5-3-4-6-14(13)18/h3-6,12H,2,7-11H2,1H3/p+1. The molecule has 134 valence electrons. The van der Waals surface area contributed by atoms with Gasteiger partial charge in [-0.25, -0.2) is 4.39 Å². The van der Waals surface area contributed by atoms with Gasteiger partial charge in [0.2, 0.25) is 5.89 Å². The first-order valence-corrected chi connectivity index (χ1v) is 8.82. The Bertz CT molecular complexity index is 796. The van der Waals surface area contributed by atoms with Crippen LogP contribution in [-0.4, -0.2) is 35.4 Å². The van der Waals surface area contributed by atoms with Gasteiger partial charge in [-0.3, -0.25) is 4.79 Å². The highest BCUT2D eigenvalue weighted by Crippen LogP contribution is 2.20. The second-order valence-corrected chi connectivity index (χ2v) is 6.44. The number of halogens is 1. The fourth-order valence-electron chi connectivity index (χ4n) is 3.04. The minimum atomic E-state index is -0.395. The van der Waals surface area contributed by atoms with Crippen molar-refractivity contribution in [3.8, 4) is 11.5 Å². The van der Waals surface area contributed by atoms with E-state index in [4.69, 9.17) is 21.4 Å². The largest absolute Gasteiger partial charge is 0.466 e. The molecule has 2 aromatic rings. The molecule has 0 bridgehead atoms. The van der Waals surface area contributed by atoms with E-state index in [1.165, 1.54) is 11.0 Å². The third kappa shape index (κ3) is 4.13. The van der Waals surface area contributed by atoms with Crippen LogP contribution in [0, 0.1) is 16.6 Å². The number of ether oxygens (including phenoxy) is 1. The lowest BCUT2D eigenvalue weighted by Gasteiger charge is -2.27. The van der Waals surface area contributed by atoms with Crippen LogP contribution in [0.4, 0.5) is 4.39 Å². The van der Waals surface area contributed by atoms with E-state index < -0.39 is 5.82 Å². The van der Waals surface area contributed by atoms with Gasteiger partial charge in [-0.2, -0.15) is 4.68 Å². The number of likely N-dealkylation sites (tertiary alicyclic amines) is 1. The summed E-state index contributed by atoms with van der Waals surface area (Å²) in [5.41, 5.74) is 0.295. The molecular formula is C17H21FN3O3S+. The lowest BCUT2D eigenvalue weighted by atomic mass is 9.97. The van der Waals surface area contributed by atoms with Gasteiger partial charge in [0.1, 0.15) is 5.82 Å². The number of hydrogen-bond acceptors (Lipinski definition) is 5. The van der Waals surface area contributed by atoms with Gasteiger partial charge in [0, 0.05) is 12.8 Å². The summed E-state index contributed by atoms with van der Waals surface area (Å²) in [7, 11) is 0. The van der Waals surface area contributed by atoms with Crippen LogP contribution in [0.15, 0.2) is 28.7 Å². The van der Waals surface area contributed by atoms with Gasteiger partial charge in [-0.15, -0.1) is 5.10 Å². The van der Waals surface area contributed by atoms with Crippen LogP contribution in [0.1, 0.15) is 19.8 Å². The van der Waals surface area contributed by atoms with Crippen molar-refractivity contribution in [1.29, 1.82) is 0 Å². The predicted octanol–water partition coefficient (Wildman–Crippen LogP) is 1.83. The Balaban J connectivity index is 1.64. The molecule has 1 saturated heterocycles. The first kappa shape index (κ1) is 17.8. The topological polar surface area (TPSA) is 61.7 Å². The minimum absolute atomic E-state index is 0.0250. The van der Waals surface area contributed by atoms with E-state index in [-0.39, 0.29) is 22.6 Å². The average molecular weight is 366 g/mol. The first-order chi connectivity index (χ1) is 12.1. The number of nitrogens with one attached hydrogen (secondary N) is 1. The number of rotatable bonds is 5. The molecule has 2 heterocycles. The van der Waals surface area contributed by atoms with Crippen LogP contribution < -0.4 is 4.90 Å². The molecule has 0 saturated carbocycles. The average Bonchev–Trinajstić information content (AvgIpc) is 2.96. The minimum Gasteiger partial charge on any atom is -0.466 e. The van der Waals surface area contributed by atoms with Gasteiger partial charge in [0.05, 0.1) is 31.2 Å². The Morgan fingerprint density at radius 3 is 2.84 bits per heavy atom. The molecule has 0 atom stereocenters. The molecule has 1 aromatic carbocycles. The monoisotopic (exact) mass is 366 g/mol. The van der Waals surface area contributed by atoms with Crippen LogP contribution >= 0.6 is 12.2 Å². The summed E-state index contributed by atoms with van der Waals surface area (Å²) < 4.78 is 26.0. The van der Waals surface area contributed by atoms with E-state index in [9.17, 15) is 9.18 Å². The van der Waals surface area contributed by atoms with E-state index in [2.05, 4.69) is 5.10 Å². The molecule has 0 amide bonds. The third-order valence-corrected chi connectivity index (χ3v) is 4.69. The van der Waals surface area contributed by atoms with Crippen molar-refractivity contribution < 1.29 is 23.2 Å². The maximum Gasteiger partial charge on any atom is 0.309 e. The molecule has 0 unspecified atom stereocenters. The number of aromatic nitrogens is 2. The first-order valence-electron chi connectivity index (χ1n) is 8.41. The van der Waals surface area contributed by atoms with Crippen LogP contribution in [0.5, 0.6) is 0 Å². The lowest BCUT2D eigenvalue weighted by Crippen LogP contribution is -3.12. The number of piperidine rings is 1. The number of benzene rings is 1. The van der Waals surface area contributed by atoms with Crippen LogP contribution in [0.3, 0.4) is 0 Å². The molecule has 25 heavy (non-hydrogen) atoms. The molecule has 1 aliphatic rings. The summed E-state index contributed by atoms with van der Waals surface area (Å²) >= 11 is 5.21. The number of esters is 1. The highest BCUT2D eigenvalue weighted by molar-refractivity contribution is 7.71. The van der Waals surface area contributed by atoms with Crippen molar-refractivity contribution in [3.63, 3.8) is 0 Å². The predicted molar refractivity (Wildman–Crippen MR) is 90.8 cm³/mol. The Labute approximate surface area is 150 Å². The second kappa shape index (κ2) is 7.88.